The number of carbonyl (C=O) groups excluding carboxylic acids is 3. The Morgan fingerprint density at radius 2 is 0.569 bits per heavy atom. The van der Waals surface area contributed by atoms with Gasteiger partial charge in [0.2, 0.25) is 0 Å². The van der Waals surface area contributed by atoms with E-state index >= 15 is 0 Å². The molecule has 0 spiro atoms. The van der Waals surface area contributed by atoms with Crippen LogP contribution in [0.5, 0.6) is 0 Å². The number of hydrogen-bond donors (Lipinski definition) is 0. The average Bonchev–Trinajstić information content (AvgIpc) is 3.21. The lowest BCUT2D eigenvalue weighted by Gasteiger charge is -2.18. The molecule has 0 rings (SSSR count). The molecule has 0 N–H and O–H groups in total. The zero-order valence-corrected chi connectivity index (χ0v) is 39.5. The molecule has 0 radical (unpaired) electrons. The highest BCUT2D eigenvalue weighted by Gasteiger charge is 2.19. The molecule has 0 aliphatic rings. The Balaban J connectivity index is 4.30. The quantitative estimate of drug-likeness (QED) is 0.0346. The van der Waals surface area contributed by atoms with E-state index < -0.39 is 6.10 Å². The third kappa shape index (κ3) is 45.5. The molecule has 0 saturated carbocycles. The van der Waals surface area contributed by atoms with Gasteiger partial charge in [0, 0.05) is 19.3 Å². The third-order valence-electron chi connectivity index (χ3n) is 11.8. The van der Waals surface area contributed by atoms with Crippen LogP contribution in [0.25, 0.3) is 0 Å². The van der Waals surface area contributed by atoms with E-state index in [9.17, 15) is 14.4 Å². The molecule has 58 heavy (non-hydrogen) atoms. The SMILES string of the molecule is CCCCCCCCCCCCCCCCC(=O)OC[C@H](COC(=O)CCCCCCCCCCCCCC(C)C)OC(=O)CCCCCCCCCCCCCC. The van der Waals surface area contributed by atoms with E-state index in [4.69, 9.17) is 14.2 Å². The Kier molecular flexibility index (Phi) is 45.2. The molecule has 0 aromatic carbocycles. The van der Waals surface area contributed by atoms with E-state index in [-0.39, 0.29) is 31.1 Å². The van der Waals surface area contributed by atoms with E-state index in [1.807, 2.05) is 0 Å². The van der Waals surface area contributed by atoms with Crippen molar-refractivity contribution in [2.75, 3.05) is 13.2 Å². The van der Waals surface area contributed by atoms with E-state index in [0.29, 0.717) is 19.3 Å². The van der Waals surface area contributed by atoms with Crippen molar-refractivity contribution in [3.8, 4) is 0 Å². The van der Waals surface area contributed by atoms with E-state index in [1.165, 1.54) is 186 Å². The lowest BCUT2D eigenvalue weighted by molar-refractivity contribution is -0.167. The highest BCUT2D eigenvalue weighted by Crippen LogP contribution is 2.17. The molecule has 1 atom stereocenters. The molecule has 0 aromatic rings. The van der Waals surface area contributed by atoms with Crippen LogP contribution in [-0.4, -0.2) is 37.2 Å². The lowest BCUT2D eigenvalue weighted by atomic mass is 10.0. The molecular weight excluding hydrogens is 721 g/mol. The largest absolute Gasteiger partial charge is 0.462 e. The van der Waals surface area contributed by atoms with Gasteiger partial charge >= 0.3 is 17.9 Å². The standard InChI is InChI=1S/C52H100O6/c1-5-7-9-11-13-15-17-19-20-24-27-31-35-39-43-50(53)56-46-49(58-52(55)45-41-37-33-29-23-18-16-14-12-10-8-6-2)47-57-51(54)44-40-36-32-28-25-21-22-26-30-34-38-42-48(3)4/h48-49H,5-47H2,1-4H3/t49-/m1/s1. The van der Waals surface area contributed by atoms with Gasteiger partial charge in [-0.3, -0.25) is 14.4 Å². The number of ether oxygens (including phenoxy) is 3. The van der Waals surface area contributed by atoms with Crippen molar-refractivity contribution < 1.29 is 28.6 Å². The van der Waals surface area contributed by atoms with Gasteiger partial charge in [0.1, 0.15) is 13.2 Å². The topological polar surface area (TPSA) is 78.9 Å². The van der Waals surface area contributed by atoms with Crippen molar-refractivity contribution in [1.82, 2.24) is 0 Å². The van der Waals surface area contributed by atoms with Gasteiger partial charge in [0.15, 0.2) is 6.10 Å². The molecule has 0 aliphatic carbocycles. The highest BCUT2D eigenvalue weighted by molar-refractivity contribution is 5.71. The van der Waals surface area contributed by atoms with Crippen molar-refractivity contribution >= 4 is 17.9 Å². The molecule has 6 nitrogen and oxygen atoms in total. The Bertz CT molecular complexity index is 872. The molecule has 0 heterocycles. The summed E-state index contributed by atoms with van der Waals surface area (Å²) >= 11 is 0. The second-order valence-corrected chi connectivity index (χ2v) is 18.3. The molecule has 0 saturated heterocycles. The molecule has 0 fully saturated rings. The summed E-state index contributed by atoms with van der Waals surface area (Å²) < 4.78 is 16.8. The van der Waals surface area contributed by atoms with Crippen LogP contribution in [0.3, 0.4) is 0 Å². The van der Waals surface area contributed by atoms with Crippen LogP contribution < -0.4 is 0 Å². The summed E-state index contributed by atoms with van der Waals surface area (Å²) in [5, 5.41) is 0. The minimum Gasteiger partial charge on any atom is -0.462 e. The molecule has 0 unspecified atom stereocenters. The van der Waals surface area contributed by atoms with Gasteiger partial charge in [-0.1, -0.05) is 252 Å². The zero-order chi connectivity index (χ0) is 42.4. The van der Waals surface area contributed by atoms with Gasteiger partial charge in [-0.2, -0.15) is 0 Å². The lowest BCUT2D eigenvalue weighted by Crippen LogP contribution is -2.30. The summed E-state index contributed by atoms with van der Waals surface area (Å²) in [5.41, 5.74) is 0. The summed E-state index contributed by atoms with van der Waals surface area (Å²) in [4.78, 5) is 37.9. The summed E-state index contributed by atoms with van der Waals surface area (Å²) in [6.45, 7) is 9.02. The second kappa shape index (κ2) is 46.5. The Hall–Kier alpha value is -1.59. The van der Waals surface area contributed by atoms with Gasteiger partial charge < -0.3 is 14.2 Å². The van der Waals surface area contributed by atoms with Crippen molar-refractivity contribution in [2.45, 2.75) is 297 Å². The fourth-order valence-electron chi connectivity index (χ4n) is 7.86. The molecule has 6 heteroatoms. The van der Waals surface area contributed by atoms with Gasteiger partial charge in [-0.05, 0) is 25.2 Å². The summed E-state index contributed by atoms with van der Waals surface area (Å²) in [5.74, 6) is -0.0172. The smallest absolute Gasteiger partial charge is 0.306 e. The predicted octanol–water partition coefficient (Wildman–Crippen LogP) is 16.7. The van der Waals surface area contributed by atoms with Gasteiger partial charge in [0.25, 0.3) is 0 Å². The minimum atomic E-state index is -0.760. The Morgan fingerprint density at radius 3 is 0.845 bits per heavy atom. The fourth-order valence-corrected chi connectivity index (χ4v) is 7.86. The van der Waals surface area contributed by atoms with Crippen molar-refractivity contribution in [3.05, 3.63) is 0 Å². The molecule has 344 valence electrons. The normalized spacial score (nSPS) is 11.9. The van der Waals surface area contributed by atoms with Crippen LogP contribution in [0.1, 0.15) is 291 Å². The molecule has 0 aliphatic heterocycles. The van der Waals surface area contributed by atoms with Crippen molar-refractivity contribution in [3.63, 3.8) is 0 Å². The van der Waals surface area contributed by atoms with Crippen molar-refractivity contribution in [1.29, 1.82) is 0 Å². The maximum atomic E-state index is 12.8. The molecule has 0 amide bonds. The summed E-state index contributed by atoms with van der Waals surface area (Å²) in [7, 11) is 0. The molecular formula is C52H100O6. The highest BCUT2D eigenvalue weighted by atomic mass is 16.6. The Morgan fingerprint density at radius 1 is 0.328 bits per heavy atom. The number of esters is 3. The average molecular weight is 821 g/mol. The van der Waals surface area contributed by atoms with Gasteiger partial charge in [-0.25, -0.2) is 0 Å². The van der Waals surface area contributed by atoms with Crippen LogP contribution >= 0.6 is 0 Å². The van der Waals surface area contributed by atoms with Crippen LogP contribution in [-0.2, 0) is 28.6 Å². The first-order chi connectivity index (χ1) is 28.4. The minimum absolute atomic E-state index is 0.0627. The molecule has 0 bridgehead atoms. The predicted molar refractivity (Wildman–Crippen MR) is 247 cm³/mol. The Labute approximate surface area is 361 Å². The number of rotatable bonds is 47. The molecule has 0 aromatic heterocycles. The number of carbonyl (C=O) groups is 3. The number of unbranched alkanes of at least 4 members (excludes halogenated alkanes) is 34. The third-order valence-corrected chi connectivity index (χ3v) is 11.8. The van der Waals surface area contributed by atoms with E-state index in [1.54, 1.807) is 0 Å². The first kappa shape index (κ1) is 56.4. The van der Waals surface area contributed by atoms with Crippen LogP contribution in [0.15, 0.2) is 0 Å². The van der Waals surface area contributed by atoms with E-state index in [2.05, 4.69) is 27.7 Å². The van der Waals surface area contributed by atoms with Gasteiger partial charge in [0.05, 0.1) is 0 Å². The number of hydrogen-bond acceptors (Lipinski definition) is 6. The van der Waals surface area contributed by atoms with Crippen LogP contribution in [0, 0.1) is 5.92 Å². The summed E-state index contributed by atoms with van der Waals surface area (Å²) in [6, 6.07) is 0. The zero-order valence-electron chi connectivity index (χ0n) is 39.5. The van der Waals surface area contributed by atoms with E-state index in [0.717, 1.165) is 63.7 Å². The summed E-state index contributed by atoms with van der Waals surface area (Å²) in [6.07, 6.45) is 47.9. The van der Waals surface area contributed by atoms with Crippen LogP contribution in [0.4, 0.5) is 0 Å². The fraction of sp³-hybridized carbons (Fsp3) is 0.942. The first-order valence-electron chi connectivity index (χ1n) is 25.9. The first-order valence-corrected chi connectivity index (χ1v) is 25.9. The van der Waals surface area contributed by atoms with Gasteiger partial charge in [-0.15, -0.1) is 0 Å². The maximum Gasteiger partial charge on any atom is 0.306 e. The van der Waals surface area contributed by atoms with Crippen LogP contribution in [0.2, 0.25) is 0 Å². The second-order valence-electron chi connectivity index (χ2n) is 18.3. The maximum absolute atomic E-state index is 12.8. The van der Waals surface area contributed by atoms with Crippen molar-refractivity contribution in [2.24, 2.45) is 5.92 Å². The monoisotopic (exact) mass is 821 g/mol.